The SMILES string of the molecule is NC(=Cc1nccc(N[C@H]2CC[C@@H](COS(=O)[O-])C2)n1)c1cccc(SC(F)(F)F)c1. The zero-order valence-electron chi connectivity index (χ0n) is 16.2. The molecule has 0 saturated heterocycles. The first-order chi connectivity index (χ1) is 14.7. The van der Waals surface area contributed by atoms with Crippen molar-refractivity contribution in [3.63, 3.8) is 0 Å². The summed E-state index contributed by atoms with van der Waals surface area (Å²) in [5.41, 5.74) is 2.35. The number of nitrogens with one attached hydrogen (secondary N) is 1. The molecule has 2 aromatic rings. The maximum atomic E-state index is 12.6. The van der Waals surface area contributed by atoms with Gasteiger partial charge in [0.2, 0.25) is 0 Å². The van der Waals surface area contributed by atoms with Crippen molar-refractivity contribution >= 4 is 40.7 Å². The van der Waals surface area contributed by atoms with Gasteiger partial charge in [-0.05, 0) is 60.7 Å². The molecule has 0 bridgehead atoms. The van der Waals surface area contributed by atoms with Crippen LogP contribution in [0.2, 0.25) is 0 Å². The van der Waals surface area contributed by atoms with Crippen LogP contribution in [0.15, 0.2) is 41.4 Å². The van der Waals surface area contributed by atoms with Crippen LogP contribution < -0.4 is 11.1 Å². The number of aromatic nitrogens is 2. The standard InChI is InChI=1S/C19H21F3N4O3S2/c20-19(21,22)30-15-3-1-2-13(9-15)16(23)10-18-24-7-6-17(26-18)25-14-5-4-12(8-14)11-29-31(27)28/h1-3,6-7,9-10,12,14H,4-5,8,11,23H2,(H,27,28)(H,24,25,26)/p-1/t12-,14+/m1/s1. The molecule has 0 radical (unpaired) electrons. The van der Waals surface area contributed by atoms with E-state index in [0.717, 1.165) is 19.3 Å². The highest BCUT2D eigenvalue weighted by atomic mass is 32.2. The lowest BCUT2D eigenvalue weighted by Gasteiger charge is -2.15. The molecule has 31 heavy (non-hydrogen) atoms. The minimum Gasteiger partial charge on any atom is -0.750 e. The van der Waals surface area contributed by atoms with E-state index in [1.54, 1.807) is 18.3 Å². The lowest BCUT2D eigenvalue weighted by atomic mass is 10.1. The second kappa shape index (κ2) is 10.4. The molecule has 1 aromatic heterocycles. The van der Waals surface area contributed by atoms with E-state index < -0.39 is 16.9 Å². The van der Waals surface area contributed by atoms with Gasteiger partial charge in [0.25, 0.3) is 0 Å². The number of nitrogens with zero attached hydrogens (tertiary/aromatic N) is 2. The number of thioether (sulfide) groups is 1. The lowest BCUT2D eigenvalue weighted by Crippen LogP contribution is -2.18. The van der Waals surface area contributed by atoms with Crippen molar-refractivity contribution in [2.45, 2.75) is 35.7 Å². The van der Waals surface area contributed by atoms with Gasteiger partial charge in [0.15, 0.2) is 5.82 Å². The van der Waals surface area contributed by atoms with Crippen LogP contribution in [0, 0.1) is 5.92 Å². The Morgan fingerprint density at radius 1 is 1.39 bits per heavy atom. The predicted molar refractivity (Wildman–Crippen MR) is 112 cm³/mol. The molecule has 1 unspecified atom stereocenters. The highest BCUT2D eigenvalue weighted by molar-refractivity contribution is 8.00. The first kappa shape index (κ1) is 23.5. The molecule has 1 saturated carbocycles. The van der Waals surface area contributed by atoms with Gasteiger partial charge in [-0.25, -0.2) is 14.2 Å². The Morgan fingerprint density at radius 3 is 2.94 bits per heavy atom. The van der Waals surface area contributed by atoms with E-state index in [1.165, 1.54) is 24.3 Å². The summed E-state index contributed by atoms with van der Waals surface area (Å²) in [7, 11) is 0. The molecule has 168 valence electrons. The van der Waals surface area contributed by atoms with Crippen molar-refractivity contribution in [3.05, 3.63) is 47.9 Å². The second-order valence-corrected chi connectivity index (χ2v) is 8.77. The Bertz CT molecular complexity index is 959. The molecule has 0 aliphatic heterocycles. The molecule has 7 nitrogen and oxygen atoms in total. The molecular formula is C19H20F3N4O3S2-. The molecule has 3 atom stereocenters. The van der Waals surface area contributed by atoms with E-state index in [-0.39, 0.29) is 40.9 Å². The number of benzene rings is 1. The van der Waals surface area contributed by atoms with Crippen molar-refractivity contribution in [1.29, 1.82) is 0 Å². The molecule has 12 heteroatoms. The van der Waals surface area contributed by atoms with Gasteiger partial charge in [0.1, 0.15) is 5.82 Å². The fraction of sp³-hybridized carbons (Fsp3) is 0.368. The van der Waals surface area contributed by atoms with Gasteiger partial charge in [0, 0.05) is 28.9 Å². The fourth-order valence-corrected chi connectivity index (χ4v) is 4.24. The summed E-state index contributed by atoms with van der Waals surface area (Å²) in [6.07, 6.45) is 5.49. The number of anilines is 1. The molecule has 1 heterocycles. The monoisotopic (exact) mass is 473 g/mol. The first-order valence-electron chi connectivity index (χ1n) is 9.33. The number of hydrogen-bond donors (Lipinski definition) is 2. The van der Waals surface area contributed by atoms with Crippen molar-refractivity contribution in [2.24, 2.45) is 11.7 Å². The van der Waals surface area contributed by atoms with Gasteiger partial charge < -0.3 is 19.8 Å². The largest absolute Gasteiger partial charge is 0.750 e. The number of halogens is 3. The van der Waals surface area contributed by atoms with Crippen molar-refractivity contribution < 1.29 is 26.1 Å². The van der Waals surface area contributed by atoms with E-state index in [9.17, 15) is 21.9 Å². The minimum atomic E-state index is -4.38. The summed E-state index contributed by atoms with van der Waals surface area (Å²) >= 11 is -2.71. The van der Waals surface area contributed by atoms with Crippen LogP contribution in [0.25, 0.3) is 11.8 Å². The Morgan fingerprint density at radius 2 is 2.19 bits per heavy atom. The molecule has 3 N–H and O–H groups in total. The third-order valence-corrected chi connectivity index (χ3v) is 5.70. The molecule has 3 rings (SSSR count). The Labute approximate surface area is 184 Å². The van der Waals surface area contributed by atoms with Gasteiger partial charge >= 0.3 is 5.51 Å². The molecule has 1 aromatic carbocycles. The third kappa shape index (κ3) is 7.80. The fourth-order valence-electron chi connectivity index (χ4n) is 3.34. The summed E-state index contributed by atoms with van der Waals surface area (Å²) in [5, 5.41) is 3.29. The summed E-state index contributed by atoms with van der Waals surface area (Å²) in [4.78, 5) is 8.57. The molecular weight excluding hydrogens is 453 g/mol. The van der Waals surface area contributed by atoms with E-state index in [4.69, 9.17) is 5.73 Å². The quantitative estimate of drug-likeness (QED) is 0.438. The van der Waals surface area contributed by atoms with Gasteiger partial charge in [-0.2, -0.15) is 13.2 Å². The Kier molecular flexibility index (Phi) is 7.92. The van der Waals surface area contributed by atoms with E-state index in [0.29, 0.717) is 17.2 Å². The highest BCUT2D eigenvalue weighted by Crippen LogP contribution is 2.37. The lowest BCUT2D eigenvalue weighted by molar-refractivity contribution is -0.0328. The van der Waals surface area contributed by atoms with Crippen LogP contribution in [0.4, 0.5) is 19.0 Å². The molecule has 0 amide bonds. The summed E-state index contributed by atoms with van der Waals surface area (Å²) in [6, 6.07) is 7.67. The van der Waals surface area contributed by atoms with Gasteiger partial charge in [-0.3, -0.25) is 0 Å². The van der Waals surface area contributed by atoms with Crippen molar-refractivity contribution in [1.82, 2.24) is 9.97 Å². The summed E-state index contributed by atoms with van der Waals surface area (Å²) in [6.45, 7) is 0.161. The van der Waals surface area contributed by atoms with Gasteiger partial charge in [-0.15, -0.1) is 0 Å². The number of alkyl halides is 3. The van der Waals surface area contributed by atoms with E-state index in [2.05, 4.69) is 19.5 Å². The van der Waals surface area contributed by atoms with Crippen molar-refractivity contribution in [2.75, 3.05) is 11.9 Å². The maximum absolute atomic E-state index is 12.6. The maximum Gasteiger partial charge on any atom is 0.446 e. The van der Waals surface area contributed by atoms with Gasteiger partial charge in [0.05, 0.1) is 18.0 Å². The summed E-state index contributed by atoms with van der Waals surface area (Å²) < 4.78 is 63.4. The normalized spacial score (nSPS) is 20.6. The third-order valence-electron chi connectivity index (χ3n) is 4.65. The molecule has 1 aliphatic rings. The minimum absolute atomic E-state index is 0.0401. The van der Waals surface area contributed by atoms with Crippen LogP contribution in [-0.2, 0) is 15.5 Å². The first-order valence-corrected chi connectivity index (χ1v) is 11.1. The van der Waals surface area contributed by atoms with Crippen LogP contribution in [-0.4, -0.2) is 36.9 Å². The Hall–Kier alpha value is -2.15. The smallest absolute Gasteiger partial charge is 0.446 e. The average Bonchev–Trinajstić information content (AvgIpc) is 3.13. The highest BCUT2D eigenvalue weighted by Gasteiger charge is 2.29. The number of nitrogens with two attached hydrogens (primary N) is 1. The Balaban J connectivity index is 1.64. The van der Waals surface area contributed by atoms with Crippen LogP contribution in [0.3, 0.4) is 0 Å². The zero-order chi connectivity index (χ0) is 22.4. The zero-order valence-corrected chi connectivity index (χ0v) is 17.8. The summed E-state index contributed by atoms with van der Waals surface area (Å²) in [5.74, 6) is 1.04. The van der Waals surface area contributed by atoms with Crippen LogP contribution in [0.1, 0.15) is 30.7 Å². The molecule has 1 fully saturated rings. The van der Waals surface area contributed by atoms with E-state index in [1.807, 2.05) is 0 Å². The van der Waals surface area contributed by atoms with E-state index >= 15 is 0 Å². The van der Waals surface area contributed by atoms with Gasteiger partial charge in [-0.1, -0.05) is 12.1 Å². The predicted octanol–water partition coefficient (Wildman–Crippen LogP) is 3.94. The molecule has 0 spiro atoms. The topological polar surface area (TPSA) is 113 Å². The molecule has 1 aliphatic carbocycles. The average molecular weight is 474 g/mol. The van der Waals surface area contributed by atoms with Crippen LogP contribution in [0.5, 0.6) is 0 Å². The number of hydrogen-bond acceptors (Lipinski definition) is 8. The number of rotatable bonds is 8. The second-order valence-electron chi connectivity index (χ2n) is 6.98. The van der Waals surface area contributed by atoms with Crippen LogP contribution >= 0.6 is 11.8 Å². The van der Waals surface area contributed by atoms with Crippen molar-refractivity contribution in [3.8, 4) is 0 Å².